The number of fused-ring (bicyclic) bond motifs is 1. The van der Waals surface area contributed by atoms with Gasteiger partial charge in [-0.15, -0.1) is 0 Å². The lowest BCUT2D eigenvalue weighted by atomic mass is 10.3. The predicted molar refractivity (Wildman–Crippen MR) is 86.0 cm³/mol. The summed E-state index contributed by atoms with van der Waals surface area (Å²) in [6, 6.07) is 10.0. The van der Waals surface area contributed by atoms with Crippen LogP contribution in [0.25, 0.3) is 11.0 Å². The van der Waals surface area contributed by atoms with Crippen LogP contribution in [0.3, 0.4) is 0 Å². The lowest BCUT2D eigenvalue weighted by molar-refractivity contribution is 0.504. The van der Waals surface area contributed by atoms with E-state index in [1.54, 1.807) is 0 Å². The molecule has 0 atom stereocenters. The molecule has 0 aliphatic heterocycles. The second-order valence-corrected chi connectivity index (χ2v) is 7.04. The van der Waals surface area contributed by atoms with E-state index in [0.29, 0.717) is 12.6 Å². The molecule has 5 nitrogen and oxygen atoms in total. The molecular weight excluding hydrogens is 336 g/mol. The SMILES string of the molecule is Cc1nc2ccccc2n1CCNS(=O)(=O)c1ccc(F)c(F)c1. The number of hydrogen-bond acceptors (Lipinski definition) is 3. The number of benzene rings is 2. The number of nitrogens with one attached hydrogen (secondary N) is 1. The normalized spacial score (nSPS) is 12.0. The molecule has 0 aliphatic carbocycles. The third-order valence-corrected chi connectivity index (χ3v) is 5.13. The molecule has 3 rings (SSSR count). The lowest BCUT2D eigenvalue weighted by Crippen LogP contribution is -2.27. The molecule has 2 aromatic carbocycles. The summed E-state index contributed by atoms with van der Waals surface area (Å²) in [5.74, 6) is -1.52. The average Bonchev–Trinajstić information content (AvgIpc) is 2.86. The Hall–Kier alpha value is -2.32. The maximum atomic E-state index is 13.2. The van der Waals surface area contributed by atoms with Crippen molar-refractivity contribution in [2.75, 3.05) is 6.54 Å². The van der Waals surface area contributed by atoms with Crippen molar-refractivity contribution >= 4 is 21.1 Å². The zero-order chi connectivity index (χ0) is 17.3. The highest BCUT2D eigenvalue weighted by atomic mass is 32.2. The third-order valence-electron chi connectivity index (χ3n) is 3.67. The number of hydrogen-bond donors (Lipinski definition) is 1. The van der Waals surface area contributed by atoms with Crippen LogP contribution in [0.2, 0.25) is 0 Å². The van der Waals surface area contributed by atoms with Crippen LogP contribution in [0.15, 0.2) is 47.4 Å². The van der Waals surface area contributed by atoms with Crippen molar-refractivity contribution < 1.29 is 17.2 Å². The Morgan fingerprint density at radius 3 is 2.62 bits per heavy atom. The zero-order valence-corrected chi connectivity index (χ0v) is 13.6. The van der Waals surface area contributed by atoms with Crippen molar-refractivity contribution in [2.24, 2.45) is 0 Å². The Kier molecular flexibility index (Phi) is 4.33. The minimum Gasteiger partial charge on any atom is -0.327 e. The van der Waals surface area contributed by atoms with Gasteiger partial charge in [-0.05, 0) is 37.3 Å². The van der Waals surface area contributed by atoms with Gasteiger partial charge in [-0.1, -0.05) is 12.1 Å². The van der Waals surface area contributed by atoms with Gasteiger partial charge in [0.15, 0.2) is 11.6 Å². The Morgan fingerprint density at radius 2 is 1.88 bits per heavy atom. The molecule has 3 aromatic rings. The first kappa shape index (κ1) is 16.5. The zero-order valence-electron chi connectivity index (χ0n) is 12.8. The molecule has 0 saturated carbocycles. The maximum Gasteiger partial charge on any atom is 0.240 e. The van der Waals surface area contributed by atoms with Gasteiger partial charge in [0.2, 0.25) is 10.0 Å². The van der Waals surface area contributed by atoms with E-state index in [1.807, 2.05) is 35.8 Å². The van der Waals surface area contributed by atoms with Gasteiger partial charge in [0.05, 0.1) is 15.9 Å². The summed E-state index contributed by atoms with van der Waals surface area (Å²) in [4.78, 5) is 4.09. The van der Waals surface area contributed by atoms with Crippen molar-refractivity contribution in [1.82, 2.24) is 14.3 Å². The minimum atomic E-state index is -3.91. The molecule has 0 unspecified atom stereocenters. The second kappa shape index (κ2) is 6.29. The maximum absolute atomic E-state index is 13.2. The largest absolute Gasteiger partial charge is 0.327 e. The number of aryl methyl sites for hydroxylation is 1. The van der Waals surface area contributed by atoms with Crippen molar-refractivity contribution in [3.8, 4) is 0 Å². The van der Waals surface area contributed by atoms with Crippen molar-refractivity contribution in [2.45, 2.75) is 18.4 Å². The van der Waals surface area contributed by atoms with Crippen LogP contribution < -0.4 is 4.72 Å². The molecule has 0 bridgehead atoms. The van der Waals surface area contributed by atoms with E-state index in [2.05, 4.69) is 9.71 Å². The molecule has 0 amide bonds. The third kappa shape index (κ3) is 3.15. The molecule has 126 valence electrons. The van der Waals surface area contributed by atoms with Crippen molar-refractivity contribution in [3.63, 3.8) is 0 Å². The second-order valence-electron chi connectivity index (χ2n) is 5.27. The molecule has 8 heteroatoms. The smallest absolute Gasteiger partial charge is 0.240 e. The summed E-state index contributed by atoms with van der Waals surface area (Å²) in [6.45, 7) is 2.31. The van der Waals surface area contributed by atoms with Gasteiger partial charge in [-0.25, -0.2) is 26.9 Å². The van der Waals surface area contributed by atoms with E-state index in [9.17, 15) is 17.2 Å². The highest BCUT2D eigenvalue weighted by Crippen LogP contribution is 2.16. The molecule has 24 heavy (non-hydrogen) atoms. The van der Waals surface area contributed by atoms with E-state index in [0.717, 1.165) is 29.0 Å². The number of rotatable bonds is 5. The Bertz CT molecular complexity index is 1000. The van der Waals surface area contributed by atoms with E-state index < -0.39 is 21.7 Å². The molecule has 1 heterocycles. The summed E-state index contributed by atoms with van der Waals surface area (Å²) >= 11 is 0. The van der Waals surface area contributed by atoms with E-state index in [-0.39, 0.29) is 11.4 Å². The highest BCUT2D eigenvalue weighted by molar-refractivity contribution is 7.89. The molecule has 0 aliphatic rings. The monoisotopic (exact) mass is 351 g/mol. The van der Waals surface area contributed by atoms with Gasteiger partial charge >= 0.3 is 0 Å². The summed E-state index contributed by atoms with van der Waals surface area (Å²) in [6.07, 6.45) is 0. The first-order valence-electron chi connectivity index (χ1n) is 7.25. The minimum absolute atomic E-state index is 0.0997. The fourth-order valence-corrected chi connectivity index (χ4v) is 3.53. The molecule has 0 fully saturated rings. The molecular formula is C16H15F2N3O2S. The number of halogens is 2. The molecule has 0 saturated heterocycles. The number of imidazole rings is 1. The quantitative estimate of drug-likeness (QED) is 0.768. The Morgan fingerprint density at radius 1 is 1.12 bits per heavy atom. The fourth-order valence-electron chi connectivity index (χ4n) is 2.50. The summed E-state index contributed by atoms with van der Waals surface area (Å²) in [7, 11) is -3.91. The molecule has 0 radical (unpaired) electrons. The van der Waals surface area contributed by atoms with Crippen molar-refractivity contribution in [3.05, 3.63) is 59.9 Å². The van der Waals surface area contributed by atoms with E-state index in [1.165, 1.54) is 0 Å². The fraction of sp³-hybridized carbons (Fsp3) is 0.188. The first-order chi connectivity index (χ1) is 11.4. The predicted octanol–water partition coefficient (Wildman–Crippen LogP) is 2.60. The average molecular weight is 351 g/mol. The van der Waals surface area contributed by atoms with E-state index in [4.69, 9.17) is 0 Å². The van der Waals surface area contributed by atoms with Gasteiger partial charge < -0.3 is 4.57 Å². The van der Waals surface area contributed by atoms with E-state index >= 15 is 0 Å². The van der Waals surface area contributed by atoms with Crippen molar-refractivity contribution in [1.29, 1.82) is 0 Å². The van der Waals surface area contributed by atoms with Gasteiger partial charge in [-0.2, -0.15) is 0 Å². The van der Waals surface area contributed by atoms with Gasteiger partial charge in [0.25, 0.3) is 0 Å². The van der Waals surface area contributed by atoms with Crippen LogP contribution in [0, 0.1) is 18.6 Å². The number of nitrogens with zero attached hydrogens (tertiary/aromatic N) is 2. The summed E-state index contributed by atoms with van der Waals surface area (Å²) < 4.78 is 54.7. The highest BCUT2D eigenvalue weighted by Gasteiger charge is 2.16. The molecule has 0 spiro atoms. The summed E-state index contributed by atoms with van der Waals surface area (Å²) in [5.41, 5.74) is 1.74. The molecule has 1 N–H and O–H groups in total. The van der Waals surface area contributed by atoms with Gasteiger partial charge in [-0.3, -0.25) is 0 Å². The van der Waals surface area contributed by atoms with Crippen LogP contribution in [0.5, 0.6) is 0 Å². The van der Waals surface area contributed by atoms with Crippen LogP contribution in [0.4, 0.5) is 8.78 Å². The molecule has 1 aromatic heterocycles. The lowest BCUT2D eigenvalue weighted by Gasteiger charge is -2.09. The number of para-hydroxylation sites is 2. The topological polar surface area (TPSA) is 64.0 Å². The Balaban J connectivity index is 1.75. The number of sulfonamides is 1. The van der Waals surface area contributed by atoms with Crippen LogP contribution in [-0.4, -0.2) is 24.5 Å². The van der Waals surface area contributed by atoms with Gasteiger partial charge in [0, 0.05) is 13.1 Å². The number of aromatic nitrogens is 2. The van der Waals surface area contributed by atoms with Gasteiger partial charge in [0.1, 0.15) is 5.82 Å². The van der Waals surface area contributed by atoms with Crippen LogP contribution in [0.1, 0.15) is 5.82 Å². The first-order valence-corrected chi connectivity index (χ1v) is 8.73. The summed E-state index contributed by atoms with van der Waals surface area (Å²) in [5, 5.41) is 0. The Labute approximate surface area is 138 Å². The van der Waals surface area contributed by atoms with Crippen LogP contribution in [-0.2, 0) is 16.6 Å². The van der Waals surface area contributed by atoms with Crippen LogP contribution >= 0.6 is 0 Å². The standard InChI is InChI=1S/C16H15F2N3O2S/c1-11-20-15-4-2-3-5-16(15)21(11)9-8-19-24(22,23)12-6-7-13(17)14(18)10-12/h2-7,10,19H,8-9H2,1H3.